The van der Waals surface area contributed by atoms with Gasteiger partial charge >= 0.3 is 0 Å². The van der Waals surface area contributed by atoms with Crippen molar-refractivity contribution in [2.45, 2.75) is 50.5 Å². The van der Waals surface area contributed by atoms with E-state index in [1.807, 2.05) is 32.0 Å². The molecule has 3 atom stereocenters. The van der Waals surface area contributed by atoms with E-state index in [4.69, 9.17) is 0 Å². The molecule has 0 unspecified atom stereocenters. The van der Waals surface area contributed by atoms with Crippen LogP contribution in [0.2, 0.25) is 0 Å². The van der Waals surface area contributed by atoms with Gasteiger partial charge in [-0.1, -0.05) is 30.7 Å². The van der Waals surface area contributed by atoms with E-state index >= 15 is 0 Å². The first-order chi connectivity index (χ1) is 13.8. The molecule has 0 aliphatic heterocycles. The van der Waals surface area contributed by atoms with Gasteiger partial charge in [0.2, 0.25) is 5.91 Å². The number of rotatable bonds is 6. The third-order valence-corrected chi connectivity index (χ3v) is 7.99. The highest BCUT2D eigenvalue weighted by atomic mass is 32.2. The first kappa shape index (κ1) is 20.0. The van der Waals surface area contributed by atoms with Gasteiger partial charge in [0.15, 0.2) is 0 Å². The van der Waals surface area contributed by atoms with Crippen LogP contribution in [0, 0.1) is 25.7 Å². The monoisotopic (exact) mass is 412 g/mol. The van der Waals surface area contributed by atoms with Crippen molar-refractivity contribution in [3.63, 3.8) is 0 Å². The van der Waals surface area contributed by atoms with Gasteiger partial charge in [0.25, 0.3) is 10.0 Å². The van der Waals surface area contributed by atoms with E-state index in [1.54, 1.807) is 30.3 Å². The van der Waals surface area contributed by atoms with Crippen molar-refractivity contribution in [1.82, 2.24) is 5.32 Å². The van der Waals surface area contributed by atoms with E-state index in [2.05, 4.69) is 5.32 Å². The second kappa shape index (κ2) is 7.82. The third-order valence-electron chi connectivity index (χ3n) is 6.20. The Hall–Kier alpha value is -2.34. The van der Waals surface area contributed by atoms with Crippen molar-refractivity contribution in [2.75, 3.05) is 10.8 Å². The molecule has 0 spiro atoms. The van der Waals surface area contributed by atoms with Crippen molar-refractivity contribution in [3.05, 3.63) is 59.7 Å². The molecular formula is C23H28N2O3S. The summed E-state index contributed by atoms with van der Waals surface area (Å²) in [6, 6.07) is 14.1. The number of hydrogen-bond acceptors (Lipinski definition) is 3. The Bertz CT molecular complexity index is 984. The van der Waals surface area contributed by atoms with Crippen molar-refractivity contribution < 1.29 is 13.2 Å². The number of nitrogens with one attached hydrogen (secondary N) is 1. The lowest BCUT2D eigenvalue weighted by Crippen LogP contribution is -2.46. The molecule has 154 valence electrons. The Morgan fingerprint density at radius 2 is 1.72 bits per heavy atom. The molecule has 2 aromatic rings. The number of amides is 1. The SMILES string of the molecule is Cc1cc(C)cc(N(CC(=O)N[C@@H]2C[C@@H]3CC[C@H]2C3)S(=O)(=O)c2ccccc2)c1. The summed E-state index contributed by atoms with van der Waals surface area (Å²) >= 11 is 0. The topological polar surface area (TPSA) is 66.5 Å². The maximum absolute atomic E-state index is 13.4. The Balaban J connectivity index is 1.62. The lowest BCUT2D eigenvalue weighted by Gasteiger charge is -2.27. The molecule has 6 heteroatoms. The van der Waals surface area contributed by atoms with Gasteiger partial charge < -0.3 is 5.32 Å². The van der Waals surface area contributed by atoms with Crippen LogP contribution in [0.15, 0.2) is 53.4 Å². The smallest absolute Gasteiger partial charge is 0.264 e. The third kappa shape index (κ3) is 4.17. The predicted octanol–water partition coefficient (Wildman–Crippen LogP) is 3.80. The molecule has 5 nitrogen and oxygen atoms in total. The van der Waals surface area contributed by atoms with E-state index < -0.39 is 10.0 Å². The number of carbonyl (C=O) groups is 1. The van der Waals surface area contributed by atoms with E-state index in [9.17, 15) is 13.2 Å². The molecule has 0 aromatic heterocycles. The van der Waals surface area contributed by atoms with Crippen LogP contribution in [-0.2, 0) is 14.8 Å². The highest BCUT2D eigenvalue weighted by Crippen LogP contribution is 2.44. The first-order valence-electron chi connectivity index (χ1n) is 10.3. The Morgan fingerprint density at radius 1 is 1.03 bits per heavy atom. The zero-order chi connectivity index (χ0) is 20.6. The Labute approximate surface area is 173 Å². The minimum Gasteiger partial charge on any atom is -0.352 e. The van der Waals surface area contributed by atoms with Gasteiger partial charge in [-0.25, -0.2) is 8.42 Å². The molecule has 2 bridgehead atoms. The molecule has 2 fully saturated rings. The van der Waals surface area contributed by atoms with Gasteiger partial charge in [-0.05, 0) is 80.3 Å². The first-order valence-corrected chi connectivity index (χ1v) is 11.7. The van der Waals surface area contributed by atoms with Crippen LogP contribution < -0.4 is 9.62 Å². The van der Waals surface area contributed by atoms with Gasteiger partial charge in [0.05, 0.1) is 10.6 Å². The fourth-order valence-corrected chi connectivity index (χ4v) is 6.36. The molecule has 2 aliphatic rings. The molecule has 2 saturated carbocycles. The summed E-state index contributed by atoms with van der Waals surface area (Å²) in [6.07, 6.45) is 4.63. The van der Waals surface area contributed by atoms with Gasteiger partial charge in [0.1, 0.15) is 6.54 Å². The molecule has 2 aromatic carbocycles. The lowest BCUT2D eigenvalue weighted by atomic mass is 9.95. The number of hydrogen-bond donors (Lipinski definition) is 1. The maximum atomic E-state index is 13.4. The molecule has 0 heterocycles. The van der Waals surface area contributed by atoms with Gasteiger partial charge in [0, 0.05) is 6.04 Å². The quantitative estimate of drug-likeness (QED) is 0.785. The number of anilines is 1. The Kier molecular flexibility index (Phi) is 5.38. The van der Waals surface area contributed by atoms with Crippen LogP contribution in [0.5, 0.6) is 0 Å². The van der Waals surface area contributed by atoms with E-state index in [1.165, 1.54) is 23.6 Å². The molecular weight excluding hydrogens is 384 g/mol. The number of sulfonamides is 1. The second-order valence-electron chi connectivity index (χ2n) is 8.52. The van der Waals surface area contributed by atoms with Crippen LogP contribution in [0.1, 0.15) is 36.8 Å². The normalized spacial score (nSPS) is 23.2. The van der Waals surface area contributed by atoms with E-state index in [-0.39, 0.29) is 23.4 Å². The summed E-state index contributed by atoms with van der Waals surface area (Å²) in [5.41, 5.74) is 2.44. The van der Waals surface area contributed by atoms with Crippen LogP contribution in [0.3, 0.4) is 0 Å². The molecule has 4 rings (SSSR count). The second-order valence-corrected chi connectivity index (χ2v) is 10.4. The van der Waals surface area contributed by atoms with E-state index in [0.717, 1.165) is 17.5 Å². The summed E-state index contributed by atoms with van der Waals surface area (Å²) in [5.74, 6) is 1.03. The van der Waals surface area contributed by atoms with E-state index in [0.29, 0.717) is 17.5 Å². The van der Waals surface area contributed by atoms with Gasteiger partial charge in [-0.2, -0.15) is 0 Å². The summed E-state index contributed by atoms with van der Waals surface area (Å²) in [4.78, 5) is 13.1. The molecule has 0 saturated heterocycles. The summed E-state index contributed by atoms with van der Waals surface area (Å²) < 4.78 is 28.0. The number of aryl methyl sites for hydroxylation is 2. The van der Waals surface area contributed by atoms with Gasteiger partial charge in [-0.3, -0.25) is 9.10 Å². The fraction of sp³-hybridized carbons (Fsp3) is 0.435. The van der Waals surface area contributed by atoms with Crippen molar-refractivity contribution in [3.8, 4) is 0 Å². The maximum Gasteiger partial charge on any atom is 0.264 e. The molecule has 2 aliphatic carbocycles. The van der Waals surface area contributed by atoms with Crippen LogP contribution >= 0.6 is 0 Å². The fourth-order valence-electron chi connectivity index (χ4n) is 4.93. The van der Waals surface area contributed by atoms with Crippen LogP contribution in [0.4, 0.5) is 5.69 Å². The number of carbonyl (C=O) groups excluding carboxylic acids is 1. The zero-order valence-electron chi connectivity index (χ0n) is 17.0. The standard InChI is InChI=1S/C23H28N2O3S/c1-16-10-17(2)12-20(11-16)25(29(27,28)21-6-4-3-5-7-21)15-23(26)24-22-14-18-8-9-19(22)13-18/h3-7,10-12,18-19,22H,8-9,13-15H2,1-2H3,(H,24,26)/t18-,19+,22-/m1/s1. The minimum absolute atomic E-state index is 0.182. The molecule has 29 heavy (non-hydrogen) atoms. The van der Waals surface area contributed by atoms with Crippen LogP contribution in [-0.4, -0.2) is 26.9 Å². The molecule has 0 radical (unpaired) electrons. The zero-order valence-corrected chi connectivity index (χ0v) is 17.8. The number of nitrogens with zero attached hydrogens (tertiary/aromatic N) is 1. The number of benzene rings is 2. The minimum atomic E-state index is -3.85. The summed E-state index contributed by atoms with van der Waals surface area (Å²) in [6.45, 7) is 3.65. The van der Waals surface area contributed by atoms with Crippen molar-refractivity contribution in [2.24, 2.45) is 11.8 Å². The predicted molar refractivity (Wildman–Crippen MR) is 114 cm³/mol. The van der Waals surface area contributed by atoms with Crippen molar-refractivity contribution in [1.29, 1.82) is 0 Å². The summed E-state index contributed by atoms with van der Waals surface area (Å²) in [7, 11) is -3.85. The molecule has 1 amide bonds. The summed E-state index contributed by atoms with van der Waals surface area (Å²) in [5, 5.41) is 3.12. The van der Waals surface area contributed by atoms with Gasteiger partial charge in [-0.15, -0.1) is 0 Å². The Morgan fingerprint density at radius 3 is 2.31 bits per heavy atom. The highest BCUT2D eigenvalue weighted by molar-refractivity contribution is 7.92. The average Bonchev–Trinajstić information content (AvgIpc) is 3.29. The lowest BCUT2D eigenvalue weighted by molar-refractivity contribution is -0.120. The molecule has 1 N–H and O–H groups in total. The highest BCUT2D eigenvalue weighted by Gasteiger charge is 2.40. The van der Waals surface area contributed by atoms with Crippen LogP contribution in [0.25, 0.3) is 0 Å². The van der Waals surface area contributed by atoms with Crippen molar-refractivity contribution >= 4 is 21.6 Å². The largest absolute Gasteiger partial charge is 0.352 e. The average molecular weight is 413 g/mol. The number of fused-ring (bicyclic) bond motifs is 2.